The molecule has 0 N–H and O–H groups in total. The number of pyridine rings is 1. The zero-order valence-electron chi connectivity index (χ0n) is 17.2. The Labute approximate surface area is 167 Å². The number of hydrogen-bond donors (Lipinski definition) is 0. The molecule has 0 spiro atoms. The zero-order valence-corrected chi connectivity index (χ0v) is 17.2. The van der Waals surface area contributed by atoms with Crippen LogP contribution in [-0.2, 0) is 18.9 Å². The van der Waals surface area contributed by atoms with Crippen molar-refractivity contribution in [3.8, 4) is 0 Å². The van der Waals surface area contributed by atoms with E-state index in [1.807, 2.05) is 4.90 Å². The minimum absolute atomic E-state index is 0.0310. The van der Waals surface area contributed by atoms with Crippen LogP contribution in [0.3, 0.4) is 0 Å². The maximum Gasteiger partial charge on any atom is 0.332 e. The molecule has 1 saturated heterocycles. The van der Waals surface area contributed by atoms with E-state index in [9.17, 15) is 19.2 Å². The molecular weight excluding hydrogens is 376 g/mol. The van der Waals surface area contributed by atoms with Gasteiger partial charge in [0.2, 0.25) is 5.91 Å². The zero-order chi connectivity index (χ0) is 21.3. The Morgan fingerprint density at radius 2 is 1.76 bits per heavy atom. The third-order valence-electron chi connectivity index (χ3n) is 5.25. The summed E-state index contributed by atoms with van der Waals surface area (Å²) in [6.07, 6.45) is 0.749. The van der Waals surface area contributed by atoms with Crippen molar-refractivity contribution in [2.24, 2.45) is 14.1 Å². The fourth-order valence-electron chi connectivity index (χ4n) is 3.40. The molecule has 0 atom stereocenters. The summed E-state index contributed by atoms with van der Waals surface area (Å²) in [4.78, 5) is 59.0. The fraction of sp³-hybridized carbons (Fsp3) is 0.526. The topological polar surface area (TPSA) is 101 Å². The second-order valence-corrected chi connectivity index (χ2v) is 7.48. The first-order valence-electron chi connectivity index (χ1n) is 9.49. The fourth-order valence-corrected chi connectivity index (χ4v) is 3.40. The first kappa shape index (κ1) is 20.7. The highest BCUT2D eigenvalue weighted by Gasteiger charge is 2.23. The van der Waals surface area contributed by atoms with Gasteiger partial charge in [-0.05, 0) is 18.6 Å². The number of likely N-dealkylation sites (N-methyl/N-ethyl adjacent to an activating group) is 1. The summed E-state index contributed by atoms with van der Waals surface area (Å²) in [7, 11) is 6.38. The first-order chi connectivity index (χ1) is 13.7. The molecule has 1 aliphatic rings. The van der Waals surface area contributed by atoms with E-state index in [0.29, 0.717) is 26.2 Å². The van der Waals surface area contributed by atoms with Gasteiger partial charge < -0.3 is 9.80 Å². The SMILES string of the molecule is CN(C)C(=O)CN1CCCN(C(=O)c2ccc3c(=O)n(C)c(=O)n(C)c3n2)CC1. The quantitative estimate of drug-likeness (QED) is 0.644. The smallest absolute Gasteiger partial charge is 0.332 e. The van der Waals surface area contributed by atoms with Crippen LogP contribution in [0.5, 0.6) is 0 Å². The Morgan fingerprint density at radius 3 is 2.45 bits per heavy atom. The Kier molecular flexibility index (Phi) is 5.83. The van der Waals surface area contributed by atoms with E-state index in [4.69, 9.17) is 0 Å². The molecule has 156 valence electrons. The van der Waals surface area contributed by atoms with Crippen molar-refractivity contribution in [2.45, 2.75) is 6.42 Å². The molecular formula is C19H26N6O4. The van der Waals surface area contributed by atoms with Crippen LogP contribution < -0.4 is 11.2 Å². The van der Waals surface area contributed by atoms with Gasteiger partial charge in [0.15, 0.2) is 0 Å². The largest absolute Gasteiger partial charge is 0.348 e. The van der Waals surface area contributed by atoms with E-state index in [0.717, 1.165) is 17.5 Å². The Morgan fingerprint density at radius 1 is 1.03 bits per heavy atom. The van der Waals surface area contributed by atoms with Crippen LogP contribution in [0.25, 0.3) is 11.0 Å². The molecule has 0 radical (unpaired) electrons. The molecule has 10 heteroatoms. The van der Waals surface area contributed by atoms with Crippen molar-refractivity contribution in [1.82, 2.24) is 28.8 Å². The van der Waals surface area contributed by atoms with Crippen molar-refractivity contribution in [3.63, 3.8) is 0 Å². The Hall–Kier alpha value is -3.01. The van der Waals surface area contributed by atoms with Gasteiger partial charge in [-0.15, -0.1) is 0 Å². The van der Waals surface area contributed by atoms with Crippen molar-refractivity contribution < 1.29 is 9.59 Å². The van der Waals surface area contributed by atoms with Crippen LogP contribution in [0.2, 0.25) is 0 Å². The van der Waals surface area contributed by atoms with Crippen LogP contribution in [-0.4, -0.2) is 87.5 Å². The van der Waals surface area contributed by atoms with Crippen molar-refractivity contribution in [2.75, 3.05) is 46.8 Å². The number of amides is 2. The molecule has 2 amide bonds. The first-order valence-corrected chi connectivity index (χ1v) is 9.49. The molecule has 2 aromatic rings. The van der Waals surface area contributed by atoms with Gasteiger partial charge in [0.1, 0.15) is 11.3 Å². The summed E-state index contributed by atoms with van der Waals surface area (Å²) < 4.78 is 2.29. The number of carbonyl (C=O) groups excluding carboxylic acids is 2. The van der Waals surface area contributed by atoms with E-state index in [1.54, 1.807) is 23.9 Å². The minimum atomic E-state index is -0.490. The molecule has 3 heterocycles. The summed E-state index contributed by atoms with van der Waals surface area (Å²) in [6.45, 7) is 2.70. The van der Waals surface area contributed by atoms with Gasteiger partial charge in [-0.25, -0.2) is 9.78 Å². The van der Waals surface area contributed by atoms with Gasteiger partial charge in [-0.3, -0.25) is 28.4 Å². The van der Waals surface area contributed by atoms with Gasteiger partial charge in [0, 0.05) is 54.4 Å². The van der Waals surface area contributed by atoms with Gasteiger partial charge in [0.05, 0.1) is 11.9 Å². The highest BCUT2D eigenvalue weighted by Crippen LogP contribution is 2.11. The number of hydrogen-bond acceptors (Lipinski definition) is 6. The lowest BCUT2D eigenvalue weighted by Gasteiger charge is -2.22. The minimum Gasteiger partial charge on any atom is -0.348 e. The van der Waals surface area contributed by atoms with E-state index < -0.39 is 11.2 Å². The summed E-state index contributed by atoms with van der Waals surface area (Å²) in [5.74, 6) is -0.218. The van der Waals surface area contributed by atoms with Crippen LogP contribution in [0.1, 0.15) is 16.9 Å². The molecule has 0 aromatic carbocycles. The van der Waals surface area contributed by atoms with E-state index in [-0.39, 0.29) is 28.5 Å². The molecule has 0 saturated carbocycles. The Bertz CT molecular complexity index is 1070. The second kappa shape index (κ2) is 8.16. The highest BCUT2D eigenvalue weighted by atomic mass is 16.2. The average molecular weight is 402 g/mol. The predicted molar refractivity (Wildman–Crippen MR) is 108 cm³/mol. The van der Waals surface area contributed by atoms with Crippen molar-refractivity contribution >= 4 is 22.8 Å². The molecule has 1 aliphatic heterocycles. The maximum absolute atomic E-state index is 13.0. The number of fused-ring (bicyclic) bond motifs is 1. The lowest BCUT2D eigenvalue weighted by atomic mass is 10.2. The summed E-state index contributed by atoms with van der Waals surface area (Å²) >= 11 is 0. The van der Waals surface area contributed by atoms with Crippen LogP contribution in [0, 0.1) is 0 Å². The second-order valence-electron chi connectivity index (χ2n) is 7.48. The summed E-state index contributed by atoms with van der Waals surface area (Å²) in [5, 5.41) is 0.287. The van der Waals surface area contributed by atoms with Crippen LogP contribution in [0.4, 0.5) is 0 Å². The summed E-state index contributed by atoms with van der Waals surface area (Å²) in [6, 6.07) is 3.06. The standard InChI is InChI=1S/C19H26N6O4/c1-21(2)15(26)12-24-8-5-9-25(11-10-24)18(28)14-7-6-13-16(20-14)22(3)19(29)23(4)17(13)27/h6-7H,5,8-12H2,1-4H3. The summed E-state index contributed by atoms with van der Waals surface area (Å²) in [5.41, 5.74) is -0.545. The van der Waals surface area contributed by atoms with Crippen LogP contribution >= 0.6 is 0 Å². The van der Waals surface area contributed by atoms with E-state index >= 15 is 0 Å². The van der Waals surface area contributed by atoms with Crippen molar-refractivity contribution in [1.29, 1.82) is 0 Å². The third-order valence-corrected chi connectivity index (χ3v) is 5.25. The molecule has 3 rings (SSSR count). The molecule has 0 bridgehead atoms. The number of carbonyl (C=O) groups is 2. The Balaban J connectivity index is 1.82. The molecule has 10 nitrogen and oxygen atoms in total. The van der Waals surface area contributed by atoms with Gasteiger partial charge >= 0.3 is 5.69 Å². The maximum atomic E-state index is 13.0. The van der Waals surface area contributed by atoms with E-state index in [2.05, 4.69) is 4.98 Å². The number of rotatable bonds is 3. The highest BCUT2D eigenvalue weighted by molar-refractivity contribution is 5.94. The average Bonchev–Trinajstić information content (AvgIpc) is 2.95. The molecule has 29 heavy (non-hydrogen) atoms. The lowest BCUT2D eigenvalue weighted by Crippen LogP contribution is -2.40. The molecule has 2 aromatic heterocycles. The van der Waals surface area contributed by atoms with Gasteiger partial charge in [-0.1, -0.05) is 0 Å². The van der Waals surface area contributed by atoms with Crippen LogP contribution in [0.15, 0.2) is 21.7 Å². The van der Waals surface area contributed by atoms with E-state index in [1.165, 1.54) is 30.8 Å². The number of nitrogens with zero attached hydrogens (tertiary/aromatic N) is 6. The lowest BCUT2D eigenvalue weighted by molar-refractivity contribution is -0.129. The molecule has 0 aliphatic carbocycles. The molecule has 1 fully saturated rings. The van der Waals surface area contributed by atoms with Gasteiger partial charge in [0.25, 0.3) is 11.5 Å². The number of aryl methyl sites for hydroxylation is 1. The molecule has 0 unspecified atom stereocenters. The van der Waals surface area contributed by atoms with Crippen molar-refractivity contribution in [3.05, 3.63) is 38.7 Å². The monoisotopic (exact) mass is 402 g/mol. The predicted octanol–water partition coefficient (Wildman–Crippen LogP) is -1.13. The normalized spacial score (nSPS) is 15.4. The number of aromatic nitrogens is 3. The van der Waals surface area contributed by atoms with Gasteiger partial charge in [-0.2, -0.15) is 0 Å². The third kappa shape index (κ3) is 4.07.